The van der Waals surface area contributed by atoms with E-state index < -0.39 is 0 Å². The Kier molecular flexibility index (Phi) is 1.53. The van der Waals surface area contributed by atoms with Gasteiger partial charge in [0.15, 0.2) is 5.79 Å². The van der Waals surface area contributed by atoms with Crippen molar-refractivity contribution in [2.45, 2.75) is 18.6 Å². The van der Waals surface area contributed by atoms with Crippen LogP contribution in [0.1, 0.15) is 12.8 Å². The summed E-state index contributed by atoms with van der Waals surface area (Å²) >= 11 is 0. The summed E-state index contributed by atoms with van der Waals surface area (Å²) in [7, 11) is 0. The van der Waals surface area contributed by atoms with Crippen LogP contribution in [0.25, 0.3) is 0 Å². The predicted molar refractivity (Wildman–Crippen MR) is 54.5 cm³/mol. The second-order valence-corrected chi connectivity index (χ2v) is 5.73. The first-order chi connectivity index (χ1) is 7.29. The van der Waals surface area contributed by atoms with Crippen molar-refractivity contribution in [3.8, 4) is 0 Å². The van der Waals surface area contributed by atoms with Crippen molar-refractivity contribution in [3.05, 3.63) is 0 Å². The molecule has 3 aliphatic heterocycles. The molecule has 0 atom stereocenters. The number of nitrogens with one attached hydrogen (secondary N) is 2. The SMILES string of the molecule is C1COC2(CC34CNCC3(CNC4)C2)O1. The second-order valence-electron chi connectivity index (χ2n) is 5.73. The zero-order valence-electron chi connectivity index (χ0n) is 8.97. The lowest BCUT2D eigenvalue weighted by Crippen LogP contribution is -2.37. The monoisotopic (exact) mass is 210 g/mol. The van der Waals surface area contributed by atoms with Crippen LogP contribution < -0.4 is 10.6 Å². The summed E-state index contributed by atoms with van der Waals surface area (Å²) in [5.74, 6) is -0.218. The van der Waals surface area contributed by atoms with Gasteiger partial charge in [0.1, 0.15) is 0 Å². The summed E-state index contributed by atoms with van der Waals surface area (Å²) in [6.07, 6.45) is 2.17. The van der Waals surface area contributed by atoms with Crippen LogP contribution in [-0.4, -0.2) is 45.2 Å². The van der Waals surface area contributed by atoms with Gasteiger partial charge in [-0.15, -0.1) is 0 Å². The third kappa shape index (κ3) is 0.923. The molecule has 0 bridgehead atoms. The molecule has 84 valence electrons. The van der Waals surface area contributed by atoms with Crippen molar-refractivity contribution < 1.29 is 9.47 Å². The van der Waals surface area contributed by atoms with Gasteiger partial charge in [0, 0.05) is 49.9 Å². The molecular formula is C11H18N2O2. The van der Waals surface area contributed by atoms with E-state index in [0.717, 1.165) is 52.2 Å². The Balaban J connectivity index is 1.74. The van der Waals surface area contributed by atoms with E-state index >= 15 is 0 Å². The maximum Gasteiger partial charge on any atom is 0.169 e. The van der Waals surface area contributed by atoms with Gasteiger partial charge in [-0.05, 0) is 0 Å². The molecule has 15 heavy (non-hydrogen) atoms. The maximum atomic E-state index is 5.89. The molecule has 0 aromatic rings. The van der Waals surface area contributed by atoms with Gasteiger partial charge in [-0.25, -0.2) is 0 Å². The van der Waals surface area contributed by atoms with Crippen LogP contribution in [0.2, 0.25) is 0 Å². The van der Waals surface area contributed by atoms with Crippen LogP contribution in [0.4, 0.5) is 0 Å². The molecule has 4 nitrogen and oxygen atoms in total. The first-order valence-electron chi connectivity index (χ1n) is 5.98. The Morgan fingerprint density at radius 1 is 0.733 bits per heavy atom. The van der Waals surface area contributed by atoms with Gasteiger partial charge in [-0.3, -0.25) is 0 Å². The zero-order chi connectivity index (χ0) is 9.99. The minimum atomic E-state index is -0.218. The van der Waals surface area contributed by atoms with Crippen molar-refractivity contribution in [2.75, 3.05) is 39.4 Å². The summed E-state index contributed by atoms with van der Waals surface area (Å²) in [6, 6.07) is 0. The Bertz CT molecular complexity index is 267. The van der Waals surface area contributed by atoms with Gasteiger partial charge in [0.25, 0.3) is 0 Å². The molecule has 4 rings (SSSR count). The van der Waals surface area contributed by atoms with Gasteiger partial charge >= 0.3 is 0 Å². The van der Waals surface area contributed by atoms with Crippen LogP contribution in [0.15, 0.2) is 0 Å². The van der Waals surface area contributed by atoms with Gasteiger partial charge in [-0.2, -0.15) is 0 Å². The Morgan fingerprint density at radius 3 is 1.67 bits per heavy atom. The van der Waals surface area contributed by atoms with E-state index in [9.17, 15) is 0 Å². The maximum absolute atomic E-state index is 5.89. The Labute approximate surface area is 89.7 Å². The van der Waals surface area contributed by atoms with Crippen LogP contribution in [0.5, 0.6) is 0 Å². The highest BCUT2D eigenvalue weighted by Crippen LogP contribution is 2.62. The van der Waals surface area contributed by atoms with E-state index in [1.165, 1.54) is 0 Å². The van der Waals surface area contributed by atoms with Crippen LogP contribution in [0, 0.1) is 10.8 Å². The molecule has 0 unspecified atom stereocenters. The summed E-state index contributed by atoms with van der Waals surface area (Å²) in [5.41, 5.74) is 0.800. The fourth-order valence-electron chi connectivity index (χ4n) is 4.38. The second kappa shape index (κ2) is 2.56. The summed E-state index contributed by atoms with van der Waals surface area (Å²) in [4.78, 5) is 0. The van der Waals surface area contributed by atoms with Crippen LogP contribution >= 0.6 is 0 Å². The molecule has 0 aromatic heterocycles. The van der Waals surface area contributed by atoms with Gasteiger partial charge in [0.05, 0.1) is 13.2 Å². The highest BCUT2D eigenvalue weighted by Gasteiger charge is 2.69. The molecule has 4 heteroatoms. The lowest BCUT2D eigenvalue weighted by Gasteiger charge is -2.29. The minimum Gasteiger partial charge on any atom is -0.347 e. The average molecular weight is 210 g/mol. The predicted octanol–water partition coefficient (Wildman–Crippen LogP) is -0.297. The number of ether oxygens (including phenoxy) is 2. The fraction of sp³-hybridized carbons (Fsp3) is 1.00. The lowest BCUT2D eigenvalue weighted by atomic mass is 9.71. The van der Waals surface area contributed by atoms with Gasteiger partial charge in [0.2, 0.25) is 0 Å². The largest absolute Gasteiger partial charge is 0.347 e. The molecule has 3 saturated heterocycles. The first kappa shape index (κ1) is 8.93. The molecule has 4 fully saturated rings. The van der Waals surface area contributed by atoms with E-state index in [-0.39, 0.29) is 5.79 Å². The molecular weight excluding hydrogens is 192 g/mol. The van der Waals surface area contributed by atoms with Crippen molar-refractivity contribution in [1.82, 2.24) is 10.6 Å². The fourth-order valence-corrected chi connectivity index (χ4v) is 4.38. The number of rotatable bonds is 0. The van der Waals surface area contributed by atoms with E-state index in [2.05, 4.69) is 10.6 Å². The first-order valence-corrected chi connectivity index (χ1v) is 5.98. The number of hydrogen-bond donors (Lipinski definition) is 2. The molecule has 1 aliphatic carbocycles. The van der Waals surface area contributed by atoms with Crippen molar-refractivity contribution in [3.63, 3.8) is 0 Å². The molecule has 2 N–H and O–H groups in total. The smallest absolute Gasteiger partial charge is 0.169 e. The Hall–Kier alpha value is -0.160. The molecule has 3 heterocycles. The van der Waals surface area contributed by atoms with E-state index in [4.69, 9.17) is 9.47 Å². The van der Waals surface area contributed by atoms with Crippen molar-refractivity contribution >= 4 is 0 Å². The molecule has 0 amide bonds. The third-order valence-electron chi connectivity index (χ3n) is 5.01. The lowest BCUT2D eigenvalue weighted by molar-refractivity contribution is -0.161. The average Bonchev–Trinajstić information content (AvgIpc) is 2.81. The minimum absolute atomic E-state index is 0.218. The highest BCUT2D eigenvalue weighted by atomic mass is 16.7. The standard InChI is InChI=1S/C11H18N2O2/c1-2-15-11(14-1)3-9-5-12-7-10(9,4-11)8-13-6-9/h12-13H,1-8H2. The summed E-state index contributed by atoms with van der Waals surface area (Å²) < 4.78 is 11.8. The zero-order valence-corrected chi connectivity index (χ0v) is 8.97. The van der Waals surface area contributed by atoms with Crippen molar-refractivity contribution in [2.24, 2.45) is 10.8 Å². The quantitative estimate of drug-likeness (QED) is 0.576. The van der Waals surface area contributed by atoms with Crippen LogP contribution in [0.3, 0.4) is 0 Å². The van der Waals surface area contributed by atoms with Gasteiger partial charge in [-0.1, -0.05) is 0 Å². The Morgan fingerprint density at radius 2 is 1.20 bits per heavy atom. The third-order valence-corrected chi connectivity index (χ3v) is 5.01. The topological polar surface area (TPSA) is 42.5 Å². The molecule has 0 aromatic carbocycles. The van der Waals surface area contributed by atoms with Crippen molar-refractivity contribution in [1.29, 1.82) is 0 Å². The normalized spacial score (nSPS) is 51.2. The van der Waals surface area contributed by atoms with Gasteiger partial charge < -0.3 is 20.1 Å². The molecule has 0 radical (unpaired) electrons. The summed E-state index contributed by atoms with van der Waals surface area (Å²) in [6.45, 7) is 6.10. The van der Waals surface area contributed by atoms with E-state index in [1.807, 2.05) is 0 Å². The van der Waals surface area contributed by atoms with Crippen LogP contribution in [-0.2, 0) is 9.47 Å². The molecule has 1 saturated carbocycles. The summed E-state index contributed by atoms with van der Waals surface area (Å²) in [5, 5.41) is 7.13. The highest BCUT2D eigenvalue weighted by molar-refractivity contribution is 5.19. The van der Waals surface area contributed by atoms with E-state index in [1.54, 1.807) is 0 Å². The van der Waals surface area contributed by atoms with E-state index in [0.29, 0.717) is 10.8 Å². The number of hydrogen-bond acceptors (Lipinski definition) is 4. The molecule has 1 spiro atoms. The molecule has 4 aliphatic rings.